The molecule has 1 N–H and O–H groups in total. The molecule has 0 fully saturated rings. The van der Waals surface area contributed by atoms with Gasteiger partial charge in [-0.2, -0.15) is 0 Å². The molecular formula is C14H16N4O. The van der Waals surface area contributed by atoms with Crippen LogP contribution < -0.4 is 5.32 Å². The molecule has 5 heteroatoms. The summed E-state index contributed by atoms with van der Waals surface area (Å²) in [6.45, 7) is 5.23. The Kier molecular flexibility index (Phi) is 2.81. The van der Waals surface area contributed by atoms with Crippen LogP contribution in [0.15, 0.2) is 34.3 Å². The number of carbonyl (C=O) groups is 1. The zero-order valence-corrected chi connectivity index (χ0v) is 11.1. The lowest BCUT2D eigenvalue weighted by Gasteiger charge is -2.27. The van der Waals surface area contributed by atoms with E-state index in [1.165, 1.54) is 0 Å². The van der Waals surface area contributed by atoms with E-state index in [2.05, 4.69) is 15.3 Å². The fraction of sp³-hybridized carbons (Fsp3) is 0.357. The summed E-state index contributed by atoms with van der Waals surface area (Å²) in [4.78, 5) is 22.9. The molecule has 0 radical (unpaired) electrons. The highest BCUT2D eigenvalue weighted by Crippen LogP contribution is 2.27. The van der Waals surface area contributed by atoms with Crippen molar-refractivity contribution >= 4 is 23.4 Å². The van der Waals surface area contributed by atoms with Crippen LogP contribution in [0.2, 0.25) is 0 Å². The van der Waals surface area contributed by atoms with E-state index in [1.54, 1.807) is 0 Å². The lowest BCUT2D eigenvalue weighted by molar-refractivity contribution is -0.122. The molecule has 0 saturated heterocycles. The van der Waals surface area contributed by atoms with Gasteiger partial charge in [0.25, 0.3) is 0 Å². The molecule has 2 heterocycles. The van der Waals surface area contributed by atoms with Crippen LogP contribution in [0.4, 0.5) is 5.69 Å². The number of nitrogens with zero attached hydrogens (tertiary/aromatic N) is 3. The van der Waals surface area contributed by atoms with Gasteiger partial charge in [-0.1, -0.05) is 26.0 Å². The number of hydrogen-bond acceptors (Lipinski definition) is 4. The zero-order chi connectivity index (χ0) is 13.4. The van der Waals surface area contributed by atoms with E-state index in [0.717, 1.165) is 30.2 Å². The minimum atomic E-state index is -0.0668. The molecule has 0 unspecified atom stereocenters. The highest BCUT2D eigenvalue weighted by molar-refractivity contribution is 6.17. The average Bonchev–Trinajstić information content (AvgIpc) is 2.88. The van der Waals surface area contributed by atoms with E-state index in [4.69, 9.17) is 0 Å². The van der Waals surface area contributed by atoms with Crippen LogP contribution in [0.3, 0.4) is 0 Å². The minimum absolute atomic E-state index is 0.0237. The number of benzene rings is 1. The van der Waals surface area contributed by atoms with Crippen LogP contribution in [0.25, 0.3) is 0 Å². The van der Waals surface area contributed by atoms with Gasteiger partial charge in [0.05, 0.1) is 12.2 Å². The highest BCUT2D eigenvalue weighted by Gasteiger charge is 2.30. The summed E-state index contributed by atoms with van der Waals surface area (Å²) >= 11 is 0. The molecular weight excluding hydrogens is 240 g/mol. The quantitative estimate of drug-likeness (QED) is 0.828. The lowest BCUT2D eigenvalue weighted by atomic mass is 10.1. The number of rotatable bonds is 1. The SMILES string of the molecule is CC(C)C(=O)NC1=Nc2ccccc2C2=NCCN12. The topological polar surface area (TPSA) is 57.1 Å². The Bertz CT molecular complexity index is 589. The summed E-state index contributed by atoms with van der Waals surface area (Å²) in [6.07, 6.45) is 0. The molecule has 0 spiro atoms. The maximum absolute atomic E-state index is 11.9. The molecule has 19 heavy (non-hydrogen) atoms. The van der Waals surface area contributed by atoms with Crippen LogP contribution in [-0.4, -0.2) is 35.7 Å². The fourth-order valence-corrected chi connectivity index (χ4v) is 2.17. The molecule has 0 atom stereocenters. The minimum Gasteiger partial charge on any atom is -0.296 e. The van der Waals surface area contributed by atoms with Gasteiger partial charge < -0.3 is 0 Å². The summed E-state index contributed by atoms with van der Waals surface area (Å²) in [6, 6.07) is 7.87. The fourth-order valence-electron chi connectivity index (χ4n) is 2.17. The lowest BCUT2D eigenvalue weighted by Crippen LogP contribution is -2.48. The Labute approximate surface area is 112 Å². The van der Waals surface area contributed by atoms with Gasteiger partial charge in [0.15, 0.2) is 0 Å². The average molecular weight is 256 g/mol. The number of nitrogens with one attached hydrogen (secondary N) is 1. The van der Waals surface area contributed by atoms with Gasteiger partial charge in [0.2, 0.25) is 11.9 Å². The van der Waals surface area contributed by atoms with Crippen molar-refractivity contribution in [1.82, 2.24) is 10.2 Å². The van der Waals surface area contributed by atoms with Crippen LogP contribution in [0.1, 0.15) is 19.4 Å². The summed E-state index contributed by atoms with van der Waals surface area (Å²) < 4.78 is 0. The Morgan fingerprint density at radius 3 is 2.95 bits per heavy atom. The van der Waals surface area contributed by atoms with Crippen molar-refractivity contribution < 1.29 is 4.79 Å². The standard InChI is InChI=1S/C14H16N4O/c1-9(2)13(19)17-14-16-11-6-4-3-5-10(11)12-15-7-8-18(12)14/h3-6,9H,7-8H2,1-2H3,(H,16,17,19). The molecule has 0 bridgehead atoms. The van der Waals surface area contributed by atoms with Crippen molar-refractivity contribution in [3.8, 4) is 0 Å². The van der Waals surface area contributed by atoms with E-state index < -0.39 is 0 Å². The number of amidine groups is 1. The third kappa shape index (κ3) is 2.01. The summed E-state index contributed by atoms with van der Waals surface area (Å²) in [5.74, 6) is 1.41. The van der Waals surface area contributed by atoms with E-state index in [-0.39, 0.29) is 11.8 Å². The molecule has 1 aromatic carbocycles. The molecule has 2 aliphatic rings. The van der Waals surface area contributed by atoms with Crippen LogP contribution in [0, 0.1) is 5.92 Å². The van der Waals surface area contributed by atoms with E-state index >= 15 is 0 Å². The third-order valence-electron chi connectivity index (χ3n) is 3.23. The van der Waals surface area contributed by atoms with Crippen LogP contribution in [-0.2, 0) is 4.79 Å². The zero-order valence-electron chi connectivity index (χ0n) is 11.1. The molecule has 5 nitrogen and oxygen atoms in total. The Morgan fingerprint density at radius 1 is 1.37 bits per heavy atom. The largest absolute Gasteiger partial charge is 0.296 e. The first kappa shape index (κ1) is 11.9. The summed E-state index contributed by atoms with van der Waals surface area (Å²) in [5.41, 5.74) is 1.89. The molecule has 1 aromatic rings. The molecule has 0 saturated carbocycles. The molecule has 0 aliphatic carbocycles. The van der Waals surface area contributed by atoms with Crippen molar-refractivity contribution in [2.75, 3.05) is 13.1 Å². The predicted molar refractivity (Wildman–Crippen MR) is 74.6 cm³/mol. The van der Waals surface area contributed by atoms with Crippen molar-refractivity contribution in [3.05, 3.63) is 29.8 Å². The Balaban J connectivity index is 1.99. The molecule has 1 amide bonds. The van der Waals surface area contributed by atoms with Gasteiger partial charge in [-0.15, -0.1) is 0 Å². The first-order valence-electron chi connectivity index (χ1n) is 6.48. The number of carbonyl (C=O) groups excluding carboxylic acids is 1. The van der Waals surface area contributed by atoms with Crippen molar-refractivity contribution in [2.24, 2.45) is 15.9 Å². The number of para-hydroxylation sites is 1. The first-order chi connectivity index (χ1) is 9.16. The smallest absolute Gasteiger partial charge is 0.229 e. The van der Waals surface area contributed by atoms with E-state index in [1.807, 2.05) is 43.0 Å². The summed E-state index contributed by atoms with van der Waals surface area (Å²) in [7, 11) is 0. The second-order valence-corrected chi connectivity index (χ2v) is 4.95. The molecule has 3 rings (SSSR count). The Hall–Kier alpha value is -2.17. The van der Waals surface area contributed by atoms with Gasteiger partial charge >= 0.3 is 0 Å². The van der Waals surface area contributed by atoms with Gasteiger partial charge in [0.1, 0.15) is 5.84 Å². The van der Waals surface area contributed by atoms with Crippen LogP contribution >= 0.6 is 0 Å². The van der Waals surface area contributed by atoms with Gasteiger partial charge in [-0.05, 0) is 12.1 Å². The number of hydrogen-bond donors (Lipinski definition) is 1. The second-order valence-electron chi connectivity index (χ2n) is 4.95. The van der Waals surface area contributed by atoms with Crippen molar-refractivity contribution in [3.63, 3.8) is 0 Å². The number of aliphatic imine (C=N–C) groups is 2. The summed E-state index contributed by atoms with van der Waals surface area (Å²) in [5, 5.41) is 2.89. The third-order valence-corrected chi connectivity index (χ3v) is 3.23. The van der Waals surface area contributed by atoms with Gasteiger partial charge in [0, 0.05) is 18.0 Å². The number of fused-ring (bicyclic) bond motifs is 3. The maximum atomic E-state index is 11.9. The van der Waals surface area contributed by atoms with Crippen molar-refractivity contribution in [2.45, 2.75) is 13.8 Å². The van der Waals surface area contributed by atoms with Crippen molar-refractivity contribution in [1.29, 1.82) is 0 Å². The highest BCUT2D eigenvalue weighted by atomic mass is 16.2. The first-order valence-corrected chi connectivity index (χ1v) is 6.48. The van der Waals surface area contributed by atoms with Crippen LogP contribution in [0.5, 0.6) is 0 Å². The molecule has 98 valence electrons. The Morgan fingerprint density at radius 2 is 2.16 bits per heavy atom. The van der Waals surface area contributed by atoms with Gasteiger partial charge in [-0.25, -0.2) is 4.99 Å². The molecule has 2 aliphatic heterocycles. The molecule has 0 aromatic heterocycles. The normalized spacial score (nSPS) is 16.7. The predicted octanol–water partition coefficient (Wildman–Crippen LogP) is 1.52. The van der Waals surface area contributed by atoms with Gasteiger partial charge in [-0.3, -0.25) is 20.0 Å². The number of guanidine groups is 1. The maximum Gasteiger partial charge on any atom is 0.229 e. The van der Waals surface area contributed by atoms with E-state index in [0.29, 0.717) is 5.96 Å². The second kappa shape index (κ2) is 4.50. The van der Waals surface area contributed by atoms with E-state index in [9.17, 15) is 4.79 Å². The number of amides is 1. The monoisotopic (exact) mass is 256 g/mol.